The van der Waals surface area contributed by atoms with Gasteiger partial charge in [-0.05, 0) is 48.4 Å². The van der Waals surface area contributed by atoms with Crippen LogP contribution in [0.2, 0.25) is 5.02 Å². The zero-order valence-corrected chi connectivity index (χ0v) is 13.9. The third-order valence-corrected chi connectivity index (χ3v) is 4.11. The number of hydrogen-bond donors (Lipinski definition) is 1. The molecule has 0 atom stereocenters. The fraction of sp³-hybridized carbons (Fsp3) is 0.111. The number of rotatable bonds is 3. The van der Waals surface area contributed by atoms with Crippen LogP contribution in [0.15, 0.2) is 42.5 Å². The van der Waals surface area contributed by atoms with Gasteiger partial charge in [-0.2, -0.15) is 5.10 Å². The zero-order chi connectivity index (χ0) is 17.4. The first kappa shape index (κ1) is 16.2. The minimum atomic E-state index is -0.568. The van der Waals surface area contributed by atoms with Crippen LogP contribution in [0.3, 0.4) is 0 Å². The van der Waals surface area contributed by atoms with Crippen LogP contribution in [0.25, 0.3) is 22.4 Å². The molecule has 1 heterocycles. The molecule has 0 aliphatic rings. The van der Waals surface area contributed by atoms with Crippen molar-refractivity contribution in [3.05, 3.63) is 64.6 Å². The molecule has 2 aromatic carbocycles. The van der Waals surface area contributed by atoms with E-state index in [-0.39, 0.29) is 5.82 Å². The average Bonchev–Trinajstić information content (AvgIpc) is 2.82. The molecule has 0 spiro atoms. The molecule has 0 saturated carbocycles. The highest BCUT2D eigenvalue weighted by molar-refractivity contribution is 6.30. The molecular weight excluding hydrogens is 329 g/mol. The smallest absolute Gasteiger partial charge is 0.252 e. The molecule has 0 bridgehead atoms. The fourth-order valence-electron chi connectivity index (χ4n) is 2.85. The van der Waals surface area contributed by atoms with Crippen molar-refractivity contribution >= 4 is 17.5 Å². The number of nitrogens with zero attached hydrogens (tertiary/aromatic N) is 2. The number of aromatic nitrogens is 2. The molecule has 4 nitrogen and oxygen atoms in total. The number of primary amides is 1. The Hall–Kier alpha value is -2.66. The van der Waals surface area contributed by atoms with Gasteiger partial charge in [-0.15, -0.1) is 0 Å². The van der Waals surface area contributed by atoms with Crippen LogP contribution in [0.5, 0.6) is 0 Å². The van der Waals surface area contributed by atoms with Gasteiger partial charge < -0.3 is 5.73 Å². The molecule has 0 radical (unpaired) electrons. The second-order valence-corrected chi connectivity index (χ2v) is 5.93. The Morgan fingerprint density at radius 2 is 1.83 bits per heavy atom. The van der Waals surface area contributed by atoms with E-state index >= 15 is 0 Å². The maximum Gasteiger partial charge on any atom is 0.252 e. The molecule has 24 heavy (non-hydrogen) atoms. The third kappa shape index (κ3) is 2.78. The van der Waals surface area contributed by atoms with E-state index in [0.29, 0.717) is 33.1 Å². The maximum atomic E-state index is 13.9. The quantitative estimate of drug-likeness (QED) is 0.782. The first-order valence-electron chi connectivity index (χ1n) is 7.27. The molecule has 3 aromatic rings. The van der Waals surface area contributed by atoms with Gasteiger partial charge in [0, 0.05) is 17.6 Å². The second-order valence-electron chi connectivity index (χ2n) is 5.49. The second kappa shape index (κ2) is 6.09. The van der Waals surface area contributed by atoms with Crippen molar-refractivity contribution in [1.29, 1.82) is 0 Å². The summed E-state index contributed by atoms with van der Waals surface area (Å²) in [6.45, 7) is 1.72. The van der Waals surface area contributed by atoms with Crippen molar-refractivity contribution in [1.82, 2.24) is 9.78 Å². The van der Waals surface area contributed by atoms with Gasteiger partial charge in [0.25, 0.3) is 5.91 Å². The van der Waals surface area contributed by atoms with Crippen molar-refractivity contribution in [3.8, 4) is 22.4 Å². The van der Waals surface area contributed by atoms with Crippen molar-refractivity contribution in [2.75, 3.05) is 0 Å². The molecule has 0 saturated heterocycles. The van der Waals surface area contributed by atoms with Gasteiger partial charge in [-0.1, -0.05) is 23.7 Å². The molecule has 0 aliphatic heterocycles. The van der Waals surface area contributed by atoms with E-state index in [1.54, 1.807) is 49.0 Å². The standard InChI is InChI=1S/C18H15ClFN3O/c1-10-16(18(21)24)17(23(2)22-10)14-8-7-13(20)9-15(14)11-3-5-12(19)6-4-11/h3-9H,1-2H3,(H2,21,24). The first-order valence-corrected chi connectivity index (χ1v) is 7.65. The van der Waals surface area contributed by atoms with Gasteiger partial charge in [-0.25, -0.2) is 4.39 Å². The number of halogens is 2. The van der Waals surface area contributed by atoms with Crippen LogP contribution in [-0.2, 0) is 7.05 Å². The van der Waals surface area contributed by atoms with Crippen molar-refractivity contribution < 1.29 is 9.18 Å². The summed E-state index contributed by atoms with van der Waals surface area (Å²) in [6, 6.07) is 11.5. The Morgan fingerprint density at radius 1 is 1.17 bits per heavy atom. The number of amides is 1. The van der Waals surface area contributed by atoms with E-state index in [1.165, 1.54) is 12.1 Å². The lowest BCUT2D eigenvalue weighted by Gasteiger charge is -2.12. The summed E-state index contributed by atoms with van der Waals surface area (Å²) in [6.07, 6.45) is 0. The van der Waals surface area contributed by atoms with Crippen molar-refractivity contribution in [2.45, 2.75) is 6.92 Å². The highest BCUT2D eigenvalue weighted by Crippen LogP contribution is 2.35. The predicted octanol–water partition coefficient (Wildman–Crippen LogP) is 3.95. The summed E-state index contributed by atoms with van der Waals surface area (Å²) in [5, 5.41) is 4.87. The van der Waals surface area contributed by atoms with Gasteiger partial charge in [0.05, 0.1) is 17.0 Å². The molecule has 0 unspecified atom stereocenters. The van der Waals surface area contributed by atoms with E-state index in [4.69, 9.17) is 17.3 Å². The fourth-order valence-corrected chi connectivity index (χ4v) is 2.98. The van der Waals surface area contributed by atoms with Crippen LogP contribution in [0.4, 0.5) is 4.39 Å². The number of carbonyl (C=O) groups is 1. The Kier molecular flexibility index (Phi) is 4.11. The maximum absolute atomic E-state index is 13.9. The van der Waals surface area contributed by atoms with E-state index in [0.717, 1.165) is 5.56 Å². The molecule has 1 amide bonds. The number of aryl methyl sites for hydroxylation is 2. The summed E-state index contributed by atoms with van der Waals surface area (Å²) in [5.41, 5.74) is 9.04. The van der Waals surface area contributed by atoms with E-state index in [9.17, 15) is 9.18 Å². The van der Waals surface area contributed by atoms with E-state index < -0.39 is 5.91 Å². The monoisotopic (exact) mass is 343 g/mol. The van der Waals surface area contributed by atoms with Gasteiger partial charge in [0.2, 0.25) is 0 Å². The molecule has 0 fully saturated rings. The van der Waals surface area contributed by atoms with Gasteiger partial charge >= 0.3 is 0 Å². The van der Waals surface area contributed by atoms with Crippen molar-refractivity contribution in [3.63, 3.8) is 0 Å². The SMILES string of the molecule is Cc1nn(C)c(-c2ccc(F)cc2-c2ccc(Cl)cc2)c1C(N)=O. The van der Waals surface area contributed by atoms with E-state index in [1.807, 2.05) is 0 Å². The van der Waals surface area contributed by atoms with Gasteiger partial charge in [0.1, 0.15) is 5.82 Å². The van der Waals surface area contributed by atoms with Crippen LogP contribution >= 0.6 is 11.6 Å². The first-order chi connectivity index (χ1) is 11.4. The molecule has 1 aromatic heterocycles. The van der Waals surface area contributed by atoms with Crippen LogP contribution < -0.4 is 5.73 Å². The molecular formula is C18H15ClFN3O. The lowest BCUT2D eigenvalue weighted by molar-refractivity contribution is 0.100. The highest BCUT2D eigenvalue weighted by Gasteiger charge is 2.22. The minimum absolute atomic E-state index is 0.333. The van der Waals surface area contributed by atoms with Crippen molar-refractivity contribution in [2.24, 2.45) is 12.8 Å². The molecule has 0 aliphatic carbocycles. The minimum Gasteiger partial charge on any atom is -0.365 e. The summed E-state index contributed by atoms with van der Waals surface area (Å²) in [7, 11) is 1.73. The lowest BCUT2D eigenvalue weighted by atomic mass is 9.95. The average molecular weight is 344 g/mol. The number of benzene rings is 2. The summed E-state index contributed by atoms with van der Waals surface area (Å²) >= 11 is 5.93. The van der Waals surface area contributed by atoms with Crippen LogP contribution in [0, 0.1) is 12.7 Å². The van der Waals surface area contributed by atoms with Gasteiger partial charge in [0.15, 0.2) is 0 Å². The molecule has 3 rings (SSSR count). The number of nitrogens with two attached hydrogens (primary N) is 1. The normalized spacial score (nSPS) is 10.8. The predicted molar refractivity (Wildman–Crippen MR) is 92.3 cm³/mol. The molecule has 122 valence electrons. The highest BCUT2D eigenvalue weighted by atomic mass is 35.5. The Balaban J connectivity index is 2.31. The van der Waals surface area contributed by atoms with Crippen LogP contribution in [0.1, 0.15) is 16.1 Å². The number of carbonyl (C=O) groups excluding carboxylic acids is 1. The summed E-state index contributed by atoms with van der Waals surface area (Å²) < 4.78 is 15.4. The largest absolute Gasteiger partial charge is 0.365 e. The lowest BCUT2D eigenvalue weighted by Crippen LogP contribution is -2.13. The Labute approximate surface area is 143 Å². The number of hydrogen-bond acceptors (Lipinski definition) is 2. The van der Waals surface area contributed by atoms with Crippen LogP contribution in [-0.4, -0.2) is 15.7 Å². The summed E-state index contributed by atoms with van der Waals surface area (Å²) in [5.74, 6) is -0.940. The third-order valence-electron chi connectivity index (χ3n) is 3.86. The molecule has 6 heteroatoms. The zero-order valence-electron chi connectivity index (χ0n) is 13.2. The molecule has 2 N–H and O–H groups in total. The van der Waals surface area contributed by atoms with E-state index in [2.05, 4.69) is 5.10 Å². The topological polar surface area (TPSA) is 60.9 Å². The summed E-state index contributed by atoms with van der Waals surface area (Å²) in [4.78, 5) is 11.9. The Morgan fingerprint density at radius 3 is 2.46 bits per heavy atom. The Bertz CT molecular complexity index is 932. The van der Waals surface area contributed by atoms with Gasteiger partial charge in [-0.3, -0.25) is 9.48 Å².